The van der Waals surface area contributed by atoms with E-state index in [2.05, 4.69) is 23.8 Å². The lowest BCUT2D eigenvalue weighted by Crippen LogP contribution is -2.67. The highest BCUT2D eigenvalue weighted by molar-refractivity contribution is 7.88. The minimum Gasteiger partial charge on any atom is -0.406 e. The maximum absolute atomic E-state index is 14.6. The molecule has 3 fully saturated rings. The third kappa shape index (κ3) is 5.51. The Kier molecular flexibility index (Phi) is 8.30. The van der Waals surface area contributed by atoms with Gasteiger partial charge in [-0.25, -0.2) is 17.2 Å². The highest BCUT2D eigenvalue weighted by Gasteiger charge is 2.74. The molecule has 0 amide bonds. The first-order chi connectivity index (χ1) is 23.7. The van der Waals surface area contributed by atoms with E-state index in [9.17, 15) is 45.4 Å². The first kappa shape index (κ1) is 36.2. The fourth-order valence-corrected chi connectivity index (χ4v) is 11.8. The molecular formula is C38H42F5NO6S. The largest absolute Gasteiger partial charge is 0.573 e. The number of ketones is 1. The zero-order valence-electron chi connectivity index (χ0n) is 28.6. The van der Waals surface area contributed by atoms with E-state index in [-0.39, 0.29) is 42.3 Å². The molecular weight excluding hydrogens is 693 g/mol. The van der Waals surface area contributed by atoms with Crippen LogP contribution in [0.3, 0.4) is 0 Å². The Morgan fingerprint density at radius 3 is 2.24 bits per heavy atom. The van der Waals surface area contributed by atoms with Gasteiger partial charge in [-0.05, 0) is 98.1 Å². The molecule has 0 saturated heterocycles. The molecule has 6 aliphatic rings. The number of fused-ring (bicyclic) bond motifs is 1. The van der Waals surface area contributed by atoms with Crippen LogP contribution in [0.5, 0.6) is 5.75 Å². The van der Waals surface area contributed by atoms with Crippen LogP contribution in [-0.4, -0.2) is 59.6 Å². The summed E-state index contributed by atoms with van der Waals surface area (Å²) in [4.78, 5) is 14.6. The molecule has 6 aliphatic carbocycles. The van der Waals surface area contributed by atoms with Gasteiger partial charge in [-0.2, -0.15) is 4.31 Å². The zero-order valence-corrected chi connectivity index (χ0v) is 29.5. The van der Waals surface area contributed by atoms with E-state index in [0.29, 0.717) is 49.7 Å². The summed E-state index contributed by atoms with van der Waals surface area (Å²) in [7, 11) is -3.94. The van der Waals surface area contributed by atoms with Gasteiger partial charge in [0.25, 0.3) is 0 Å². The number of carbonyl (C=O) groups excluding carboxylic acids is 1. The van der Waals surface area contributed by atoms with E-state index in [4.69, 9.17) is 0 Å². The van der Waals surface area contributed by atoms with Crippen molar-refractivity contribution in [2.75, 3.05) is 12.8 Å². The number of aliphatic hydroxyl groups is 2. The van der Waals surface area contributed by atoms with Crippen LogP contribution in [-0.2, 0) is 16.6 Å². The molecule has 2 spiro atoms. The lowest BCUT2D eigenvalue weighted by Gasteiger charge is -2.71. The van der Waals surface area contributed by atoms with Gasteiger partial charge in [-0.1, -0.05) is 44.2 Å². The van der Waals surface area contributed by atoms with Crippen molar-refractivity contribution < 1.29 is 50.1 Å². The number of allylic oxidation sites excluding steroid dienone is 4. The molecule has 0 radical (unpaired) electrons. The number of nitrogens with zero attached hydrogens (tertiary/aromatic N) is 1. The zero-order chi connectivity index (χ0) is 37.0. The number of benzene rings is 2. The molecule has 276 valence electrons. The van der Waals surface area contributed by atoms with Crippen molar-refractivity contribution in [3.63, 3.8) is 0 Å². The molecule has 13 heteroatoms. The van der Waals surface area contributed by atoms with Crippen LogP contribution in [0.25, 0.3) is 0 Å². The number of carbonyl (C=O) groups is 1. The lowest BCUT2D eigenvalue weighted by atomic mass is 9.32. The molecule has 2 aromatic rings. The summed E-state index contributed by atoms with van der Waals surface area (Å²) < 4.78 is 98.1. The molecule has 8 rings (SSSR count). The van der Waals surface area contributed by atoms with Crippen molar-refractivity contribution in [2.45, 2.75) is 83.4 Å². The molecule has 0 heterocycles. The number of ether oxygens (including phenoxy) is 1. The van der Waals surface area contributed by atoms with Gasteiger partial charge in [0.05, 0.1) is 18.0 Å². The number of Topliss-reactive ketones (excluding diaryl/α,β-unsaturated/α-hetero) is 1. The van der Waals surface area contributed by atoms with E-state index in [0.717, 1.165) is 34.8 Å². The summed E-state index contributed by atoms with van der Waals surface area (Å²) >= 11 is 0. The number of aliphatic hydroxyl groups excluding tert-OH is 1. The number of hydrogen-bond donors (Lipinski definition) is 2. The van der Waals surface area contributed by atoms with E-state index in [1.54, 1.807) is 0 Å². The SMILES string of the molecule is CC12CCC(O)CC13C=CC1(C(C(=O)c4ccc(F)c(F)c4)=C3)C2CCC2(C)C1CCC2(O)CN(Cc1ccc(OC(F)(F)F)cc1)S(C)(=O)=O. The van der Waals surface area contributed by atoms with Crippen molar-refractivity contribution in [2.24, 2.45) is 33.5 Å². The van der Waals surface area contributed by atoms with Gasteiger partial charge in [-0.3, -0.25) is 4.79 Å². The van der Waals surface area contributed by atoms with Crippen molar-refractivity contribution in [3.8, 4) is 5.75 Å². The molecule has 0 aromatic heterocycles. The van der Waals surface area contributed by atoms with Crippen LogP contribution >= 0.6 is 0 Å². The van der Waals surface area contributed by atoms with E-state index < -0.39 is 67.5 Å². The van der Waals surface area contributed by atoms with Gasteiger partial charge in [0.2, 0.25) is 10.0 Å². The van der Waals surface area contributed by atoms with Crippen LogP contribution in [0.4, 0.5) is 22.0 Å². The average Bonchev–Trinajstić information content (AvgIpc) is 3.31. The Balaban J connectivity index is 1.27. The minimum atomic E-state index is -4.88. The molecule has 8 atom stereocenters. The van der Waals surface area contributed by atoms with Crippen LogP contribution in [0.15, 0.2) is 66.3 Å². The maximum Gasteiger partial charge on any atom is 0.573 e. The highest BCUT2D eigenvalue weighted by atomic mass is 32.2. The second-order valence-corrected chi connectivity index (χ2v) is 18.0. The lowest BCUT2D eigenvalue weighted by molar-refractivity contribution is -0.274. The van der Waals surface area contributed by atoms with Gasteiger partial charge in [-0.15, -0.1) is 13.2 Å². The van der Waals surface area contributed by atoms with Crippen LogP contribution in [0.1, 0.15) is 74.7 Å². The Labute approximate surface area is 294 Å². The molecule has 0 aliphatic heterocycles. The minimum absolute atomic E-state index is 0.000810. The monoisotopic (exact) mass is 735 g/mol. The summed E-state index contributed by atoms with van der Waals surface area (Å²) in [6.45, 7) is 3.66. The van der Waals surface area contributed by atoms with Gasteiger partial charge in [0.15, 0.2) is 17.4 Å². The average molecular weight is 736 g/mol. The molecule has 51 heavy (non-hydrogen) atoms. The van der Waals surface area contributed by atoms with Gasteiger partial charge in [0, 0.05) is 40.5 Å². The molecule has 2 N–H and O–H groups in total. The summed E-state index contributed by atoms with van der Waals surface area (Å²) in [5.41, 5.74) is -3.53. The van der Waals surface area contributed by atoms with Gasteiger partial charge >= 0.3 is 6.36 Å². The van der Waals surface area contributed by atoms with Crippen molar-refractivity contribution in [3.05, 3.63) is 89.0 Å². The number of hydrogen-bond acceptors (Lipinski definition) is 6. The standard InChI is InChI=1S/C38H42F5NO6S/c1-33-13-10-25(45)19-35(33)16-17-37(27(20-35)32(46)24-6-9-28(39)29(40)18-24)30(33)11-14-34(2)31(37)12-15-36(34,47)22-44(51(3,48)49)21-23-4-7-26(8-5-23)50-38(41,42)43/h4-9,16-18,20,25,30-31,45,47H,10-15,19,21-22H2,1-3H3. The Bertz CT molecular complexity index is 1930. The molecule has 3 saturated carbocycles. The Hall–Kier alpha value is -3.13. The molecule has 2 bridgehead atoms. The molecule has 8 unspecified atom stereocenters. The predicted molar refractivity (Wildman–Crippen MR) is 178 cm³/mol. The third-order valence-corrected chi connectivity index (χ3v) is 14.8. The normalized spacial score (nSPS) is 37.1. The van der Waals surface area contributed by atoms with E-state index >= 15 is 0 Å². The first-order valence-corrected chi connectivity index (χ1v) is 19.2. The van der Waals surface area contributed by atoms with E-state index in [1.807, 2.05) is 13.0 Å². The number of alkyl halides is 3. The maximum atomic E-state index is 14.6. The van der Waals surface area contributed by atoms with Crippen molar-refractivity contribution >= 4 is 15.8 Å². The highest BCUT2D eigenvalue weighted by Crippen LogP contribution is 2.78. The van der Waals surface area contributed by atoms with Crippen LogP contribution < -0.4 is 4.74 Å². The number of halogens is 5. The summed E-state index contributed by atoms with van der Waals surface area (Å²) in [6.07, 6.45) is 5.18. The summed E-state index contributed by atoms with van der Waals surface area (Å²) in [5.74, 6) is -3.53. The molecule has 7 nitrogen and oxygen atoms in total. The van der Waals surface area contributed by atoms with Crippen molar-refractivity contribution in [1.82, 2.24) is 4.31 Å². The Morgan fingerprint density at radius 2 is 1.59 bits per heavy atom. The second-order valence-electron chi connectivity index (χ2n) is 16.0. The van der Waals surface area contributed by atoms with Crippen molar-refractivity contribution in [1.29, 1.82) is 0 Å². The quantitative estimate of drug-likeness (QED) is 0.170. The first-order valence-electron chi connectivity index (χ1n) is 17.3. The van der Waals surface area contributed by atoms with Gasteiger partial charge in [0.1, 0.15) is 5.75 Å². The number of rotatable bonds is 8. The smallest absolute Gasteiger partial charge is 0.406 e. The topological polar surface area (TPSA) is 104 Å². The fraction of sp³-hybridized carbons (Fsp3) is 0.553. The summed E-state index contributed by atoms with van der Waals surface area (Å²) in [5, 5.41) is 23.6. The summed E-state index contributed by atoms with van der Waals surface area (Å²) in [6, 6.07) is 8.00. The Morgan fingerprint density at radius 1 is 0.941 bits per heavy atom. The van der Waals surface area contributed by atoms with E-state index in [1.165, 1.54) is 18.2 Å². The fourth-order valence-electron chi connectivity index (χ4n) is 11.0. The van der Waals surface area contributed by atoms with Gasteiger partial charge < -0.3 is 14.9 Å². The predicted octanol–water partition coefficient (Wildman–Crippen LogP) is 7.10. The molecule has 2 aromatic carbocycles. The van der Waals surface area contributed by atoms with Crippen LogP contribution in [0, 0.1) is 45.1 Å². The van der Waals surface area contributed by atoms with Crippen LogP contribution in [0.2, 0.25) is 0 Å². The third-order valence-electron chi connectivity index (χ3n) is 13.6. The second kappa shape index (κ2) is 11.7. The number of sulfonamides is 1.